The van der Waals surface area contributed by atoms with Crippen LogP contribution in [0.4, 0.5) is 0 Å². The number of hydrogen-bond acceptors (Lipinski definition) is 4. The fourth-order valence-corrected chi connectivity index (χ4v) is 2.86. The fourth-order valence-electron chi connectivity index (χ4n) is 1.71. The van der Waals surface area contributed by atoms with Crippen molar-refractivity contribution in [1.82, 2.24) is 0 Å². The maximum absolute atomic E-state index is 5.77. The summed E-state index contributed by atoms with van der Waals surface area (Å²) in [6.07, 6.45) is 2.11. The summed E-state index contributed by atoms with van der Waals surface area (Å²) in [5, 5.41) is 0. The van der Waals surface area contributed by atoms with Crippen molar-refractivity contribution in [2.24, 2.45) is 0 Å². The molecule has 0 aliphatic rings. The van der Waals surface area contributed by atoms with E-state index in [0.29, 0.717) is 19.8 Å². The summed E-state index contributed by atoms with van der Waals surface area (Å²) < 4.78 is 16.7. The van der Waals surface area contributed by atoms with Gasteiger partial charge in [0.05, 0.1) is 6.61 Å². The van der Waals surface area contributed by atoms with Gasteiger partial charge in [-0.3, -0.25) is 0 Å². The Hall–Kier alpha value is -0.333. The molecule has 0 atom stereocenters. The highest BCUT2D eigenvalue weighted by atomic mass is 32.1. The summed E-state index contributed by atoms with van der Waals surface area (Å²) in [4.78, 5) is 0. The van der Waals surface area contributed by atoms with Gasteiger partial charge in [0.1, 0.15) is 0 Å². The molecule has 0 heterocycles. The summed E-state index contributed by atoms with van der Waals surface area (Å²) in [6.45, 7) is 5.70. The second-order valence-corrected chi connectivity index (χ2v) is 5.81. The maximum atomic E-state index is 5.77. The Morgan fingerprint density at radius 1 is 1.00 bits per heavy atom. The quantitative estimate of drug-likeness (QED) is 0.531. The SMILES string of the molecule is CCO[Si](OCC)OCc1ccccc1CCCS. The first-order valence-corrected chi connectivity index (χ1v) is 8.60. The molecule has 0 aromatic heterocycles. The first-order chi connectivity index (χ1) is 9.31. The van der Waals surface area contributed by atoms with Gasteiger partial charge in [-0.1, -0.05) is 24.3 Å². The maximum Gasteiger partial charge on any atom is 0.578 e. The summed E-state index contributed by atoms with van der Waals surface area (Å²) in [6, 6.07) is 8.35. The lowest BCUT2D eigenvalue weighted by Crippen LogP contribution is -2.27. The van der Waals surface area contributed by atoms with Crippen LogP contribution in [0.1, 0.15) is 31.4 Å². The van der Waals surface area contributed by atoms with E-state index in [1.807, 2.05) is 19.9 Å². The highest BCUT2D eigenvalue weighted by molar-refractivity contribution is 7.80. The van der Waals surface area contributed by atoms with Crippen LogP contribution in [0, 0.1) is 0 Å². The molecule has 1 aromatic carbocycles. The third-order valence-electron chi connectivity index (χ3n) is 2.59. The Bertz CT molecular complexity index is 343. The lowest BCUT2D eigenvalue weighted by Gasteiger charge is -2.14. The molecule has 107 valence electrons. The van der Waals surface area contributed by atoms with Gasteiger partial charge in [0, 0.05) is 13.2 Å². The van der Waals surface area contributed by atoms with Crippen molar-refractivity contribution in [1.29, 1.82) is 0 Å². The molecule has 0 aliphatic carbocycles. The zero-order valence-corrected chi connectivity index (χ0v) is 13.6. The first-order valence-electron chi connectivity index (χ1n) is 6.74. The summed E-state index contributed by atoms with van der Waals surface area (Å²) in [5.41, 5.74) is 2.54. The summed E-state index contributed by atoms with van der Waals surface area (Å²) in [5.74, 6) is 0.905. The fraction of sp³-hybridized carbons (Fsp3) is 0.571. The van der Waals surface area contributed by atoms with Gasteiger partial charge >= 0.3 is 9.53 Å². The minimum absolute atomic E-state index is 0.553. The van der Waals surface area contributed by atoms with Crippen molar-refractivity contribution in [2.75, 3.05) is 19.0 Å². The van der Waals surface area contributed by atoms with Crippen LogP contribution >= 0.6 is 12.6 Å². The molecule has 0 saturated heterocycles. The predicted octanol–water partition coefficient (Wildman–Crippen LogP) is 3.12. The molecule has 5 heteroatoms. The molecule has 0 fully saturated rings. The van der Waals surface area contributed by atoms with Crippen LogP contribution < -0.4 is 0 Å². The average molecular weight is 299 g/mol. The number of thiol groups is 1. The van der Waals surface area contributed by atoms with E-state index in [1.165, 1.54) is 11.1 Å². The predicted molar refractivity (Wildman–Crippen MR) is 82.4 cm³/mol. The van der Waals surface area contributed by atoms with Gasteiger partial charge < -0.3 is 13.3 Å². The second kappa shape index (κ2) is 10.5. The van der Waals surface area contributed by atoms with E-state index in [-0.39, 0.29) is 0 Å². The Labute approximate surface area is 123 Å². The zero-order chi connectivity index (χ0) is 13.9. The number of benzene rings is 1. The van der Waals surface area contributed by atoms with E-state index >= 15 is 0 Å². The molecule has 0 amide bonds. The van der Waals surface area contributed by atoms with Crippen molar-refractivity contribution in [3.63, 3.8) is 0 Å². The van der Waals surface area contributed by atoms with Gasteiger partial charge in [0.25, 0.3) is 0 Å². The zero-order valence-electron chi connectivity index (χ0n) is 11.7. The third kappa shape index (κ3) is 6.58. The summed E-state index contributed by atoms with van der Waals surface area (Å²) >= 11 is 4.26. The van der Waals surface area contributed by atoms with Crippen LogP contribution in [0.2, 0.25) is 0 Å². The normalized spacial score (nSPS) is 11.2. The van der Waals surface area contributed by atoms with E-state index < -0.39 is 9.53 Å². The molecule has 19 heavy (non-hydrogen) atoms. The van der Waals surface area contributed by atoms with E-state index in [2.05, 4.69) is 30.8 Å². The van der Waals surface area contributed by atoms with Gasteiger partial charge in [0.15, 0.2) is 0 Å². The van der Waals surface area contributed by atoms with Crippen molar-refractivity contribution < 1.29 is 13.3 Å². The highest BCUT2D eigenvalue weighted by Crippen LogP contribution is 2.13. The van der Waals surface area contributed by atoms with Crippen LogP contribution in [0.15, 0.2) is 24.3 Å². The van der Waals surface area contributed by atoms with Gasteiger partial charge in [-0.25, -0.2) is 0 Å². The van der Waals surface area contributed by atoms with Crippen LogP contribution in [-0.4, -0.2) is 28.5 Å². The number of hydrogen-bond donors (Lipinski definition) is 1. The highest BCUT2D eigenvalue weighted by Gasteiger charge is 2.18. The van der Waals surface area contributed by atoms with Crippen molar-refractivity contribution in [2.45, 2.75) is 33.3 Å². The third-order valence-corrected chi connectivity index (χ3v) is 4.34. The van der Waals surface area contributed by atoms with Crippen LogP contribution in [0.3, 0.4) is 0 Å². The van der Waals surface area contributed by atoms with Crippen molar-refractivity contribution >= 4 is 22.2 Å². The van der Waals surface area contributed by atoms with Crippen LogP contribution in [-0.2, 0) is 26.3 Å². The van der Waals surface area contributed by atoms with Crippen molar-refractivity contribution in [3.8, 4) is 0 Å². The monoisotopic (exact) mass is 299 g/mol. The van der Waals surface area contributed by atoms with E-state index in [9.17, 15) is 0 Å². The molecule has 0 bridgehead atoms. The number of rotatable bonds is 10. The Morgan fingerprint density at radius 3 is 2.21 bits per heavy atom. The van der Waals surface area contributed by atoms with Gasteiger partial charge in [-0.2, -0.15) is 12.6 Å². The molecule has 0 saturated carbocycles. The molecule has 1 radical (unpaired) electrons. The standard InChI is InChI=1S/C14H23O3SSi/c1-3-15-19(16-4-2)17-12-14-9-6-5-8-13(14)10-7-11-18/h5-6,8-9,18H,3-4,7,10-12H2,1-2H3. The molecule has 1 rings (SSSR count). The minimum atomic E-state index is -1.60. The topological polar surface area (TPSA) is 27.7 Å². The lowest BCUT2D eigenvalue weighted by atomic mass is 10.0. The lowest BCUT2D eigenvalue weighted by molar-refractivity contribution is 0.0959. The van der Waals surface area contributed by atoms with E-state index in [0.717, 1.165) is 18.6 Å². The van der Waals surface area contributed by atoms with Crippen LogP contribution in [0.5, 0.6) is 0 Å². The molecule has 1 aromatic rings. The van der Waals surface area contributed by atoms with E-state index in [4.69, 9.17) is 13.3 Å². The molecule has 0 spiro atoms. The van der Waals surface area contributed by atoms with Crippen molar-refractivity contribution in [3.05, 3.63) is 35.4 Å². The second-order valence-electron chi connectivity index (χ2n) is 4.00. The smallest absolute Gasteiger partial charge is 0.371 e. The largest absolute Gasteiger partial charge is 0.578 e. The van der Waals surface area contributed by atoms with Crippen LogP contribution in [0.25, 0.3) is 0 Å². The Morgan fingerprint density at radius 2 is 1.63 bits per heavy atom. The van der Waals surface area contributed by atoms with E-state index in [1.54, 1.807) is 0 Å². The average Bonchev–Trinajstić information content (AvgIpc) is 2.44. The Balaban J connectivity index is 2.54. The van der Waals surface area contributed by atoms with Gasteiger partial charge in [-0.15, -0.1) is 0 Å². The Kier molecular flexibility index (Phi) is 9.20. The molecule has 3 nitrogen and oxygen atoms in total. The van der Waals surface area contributed by atoms with Gasteiger partial charge in [-0.05, 0) is 43.6 Å². The minimum Gasteiger partial charge on any atom is -0.371 e. The molecule has 0 unspecified atom stereocenters. The molecular formula is C14H23O3SSi. The molecule has 0 aliphatic heterocycles. The molecule has 0 N–H and O–H groups in total. The first kappa shape index (κ1) is 16.7. The summed E-state index contributed by atoms with van der Waals surface area (Å²) in [7, 11) is -1.60. The number of aryl methyl sites for hydroxylation is 1. The van der Waals surface area contributed by atoms with Gasteiger partial charge in [0.2, 0.25) is 0 Å². The molecular weight excluding hydrogens is 276 g/mol.